The topological polar surface area (TPSA) is 75.0 Å². The smallest absolute Gasteiger partial charge is 0.262 e. The number of rotatable bonds is 5. The number of nitrogens with one attached hydrogen (secondary N) is 1. The number of benzene rings is 1. The molecule has 0 spiro atoms. The molecular formula is C18H19N3O2S. The molecule has 2 rings (SSSR count). The van der Waals surface area contributed by atoms with Gasteiger partial charge in [0.15, 0.2) is 0 Å². The van der Waals surface area contributed by atoms with Crippen LogP contribution in [0.5, 0.6) is 5.88 Å². The van der Waals surface area contributed by atoms with Crippen LogP contribution in [-0.2, 0) is 4.79 Å². The molecule has 0 unspecified atom stereocenters. The third-order valence-electron chi connectivity index (χ3n) is 3.31. The van der Waals surface area contributed by atoms with Crippen molar-refractivity contribution in [3.05, 3.63) is 65.4 Å². The van der Waals surface area contributed by atoms with Gasteiger partial charge in [0.05, 0.1) is 13.2 Å². The summed E-state index contributed by atoms with van der Waals surface area (Å²) in [5, 5.41) is 12.1. The van der Waals surface area contributed by atoms with Gasteiger partial charge in [0.2, 0.25) is 5.88 Å². The van der Waals surface area contributed by atoms with Gasteiger partial charge in [-0.15, -0.1) is 0 Å². The van der Waals surface area contributed by atoms with Crippen LogP contribution in [0.4, 0.5) is 0 Å². The second-order valence-electron chi connectivity index (χ2n) is 4.88. The molecule has 0 saturated carbocycles. The summed E-state index contributed by atoms with van der Waals surface area (Å²) >= 11 is 0. The van der Waals surface area contributed by atoms with E-state index in [1.807, 2.05) is 43.3 Å². The molecule has 0 bridgehead atoms. The largest absolute Gasteiger partial charge is 0.481 e. The highest BCUT2D eigenvalue weighted by molar-refractivity contribution is 7.59. The fourth-order valence-corrected chi connectivity index (χ4v) is 2.09. The Balaban J connectivity index is 0.00000288. The number of aromatic nitrogens is 1. The van der Waals surface area contributed by atoms with Crippen molar-refractivity contribution in [3.8, 4) is 11.9 Å². The number of hydrogen-bond acceptors (Lipinski definition) is 4. The Hall–Kier alpha value is -2.78. The number of nitriles is 1. The van der Waals surface area contributed by atoms with E-state index in [4.69, 9.17) is 4.74 Å². The number of amides is 1. The number of pyridine rings is 1. The summed E-state index contributed by atoms with van der Waals surface area (Å²) in [7, 11) is 1.49. The van der Waals surface area contributed by atoms with Gasteiger partial charge in [-0.3, -0.25) is 4.79 Å². The molecule has 0 fully saturated rings. The standard InChI is InChI=1S/C18H17N3O2.H2S/c1-13(14-7-4-3-5-8-14)21-17(22)16(12-19)11-15-9-6-10-20-18(15)23-2;/h3-11,13H,1-2H3,(H,21,22);1H2/b16-11+;/t13-;/m0./s1. The molecule has 24 heavy (non-hydrogen) atoms. The Kier molecular flexibility index (Phi) is 7.53. The molecule has 0 saturated heterocycles. The van der Waals surface area contributed by atoms with Crippen molar-refractivity contribution in [3.63, 3.8) is 0 Å². The fraction of sp³-hybridized carbons (Fsp3) is 0.167. The monoisotopic (exact) mass is 341 g/mol. The lowest BCUT2D eigenvalue weighted by Crippen LogP contribution is -2.27. The lowest BCUT2D eigenvalue weighted by atomic mass is 10.1. The van der Waals surface area contributed by atoms with Crippen molar-refractivity contribution in [1.82, 2.24) is 10.3 Å². The molecule has 1 atom stereocenters. The molecule has 2 aromatic rings. The Morgan fingerprint density at radius 2 is 2.00 bits per heavy atom. The second-order valence-corrected chi connectivity index (χ2v) is 4.88. The van der Waals surface area contributed by atoms with Crippen LogP contribution in [0.25, 0.3) is 6.08 Å². The lowest BCUT2D eigenvalue weighted by molar-refractivity contribution is -0.117. The zero-order chi connectivity index (χ0) is 16.7. The maximum absolute atomic E-state index is 12.3. The van der Waals surface area contributed by atoms with Gasteiger partial charge in [-0.05, 0) is 30.7 Å². The number of methoxy groups -OCH3 is 1. The van der Waals surface area contributed by atoms with E-state index in [1.165, 1.54) is 13.2 Å². The summed E-state index contributed by atoms with van der Waals surface area (Å²) in [4.78, 5) is 16.3. The van der Waals surface area contributed by atoms with Crippen LogP contribution in [0.3, 0.4) is 0 Å². The number of ether oxygens (including phenoxy) is 1. The highest BCUT2D eigenvalue weighted by atomic mass is 32.1. The van der Waals surface area contributed by atoms with Gasteiger partial charge in [0.25, 0.3) is 5.91 Å². The van der Waals surface area contributed by atoms with E-state index in [-0.39, 0.29) is 25.1 Å². The molecule has 6 heteroatoms. The maximum atomic E-state index is 12.3. The Morgan fingerprint density at radius 1 is 1.29 bits per heavy atom. The molecule has 0 aliphatic heterocycles. The minimum atomic E-state index is -0.435. The zero-order valence-electron chi connectivity index (χ0n) is 13.5. The minimum absolute atomic E-state index is 0. The van der Waals surface area contributed by atoms with E-state index in [1.54, 1.807) is 18.3 Å². The SMILES string of the molecule is COc1ncccc1/C=C(\C#N)C(=O)N[C@@H](C)c1ccccc1.S. The lowest BCUT2D eigenvalue weighted by Gasteiger charge is -2.13. The Bertz CT molecular complexity index is 754. The van der Waals surface area contributed by atoms with E-state index in [2.05, 4.69) is 10.3 Å². The molecule has 1 N–H and O–H groups in total. The third kappa shape index (κ3) is 4.86. The third-order valence-corrected chi connectivity index (χ3v) is 3.31. The van der Waals surface area contributed by atoms with Gasteiger partial charge in [-0.1, -0.05) is 30.3 Å². The van der Waals surface area contributed by atoms with Crippen molar-refractivity contribution >= 4 is 25.5 Å². The first-order valence-electron chi connectivity index (χ1n) is 7.12. The highest BCUT2D eigenvalue weighted by Gasteiger charge is 2.14. The van der Waals surface area contributed by atoms with Crippen molar-refractivity contribution in [2.45, 2.75) is 13.0 Å². The number of carbonyl (C=O) groups is 1. The molecule has 5 nitrogen and oxygen atoms in total. The molecule has 0 aliphatic rings. The Morgan fingerprint density at radius 3 is 2.62 bits per heavy atom. The molecule has 124 valence electrons. The van der Waals surface area contributed by atoms with E-state index in [9.17, 15) is 10.1 Å². The normalized spacial score (nSPS) is 11.6. The second kappa shape index (κ2) is 9.38. The van der Waals surface area contributed by atoms with Crippen molar-refractivity contribution in [2.75, 3.05) is 7.11 Å². The average Bonchev–Trinajstić information content (AvgIpc) is 2.60. The number of nitrogens with zero attached hydrogens (tertiary/aromatic N) is 2. The predicted molar refractivity (Wildman–Crippen MR) is 97.8 cm³/mol. The van der Waals surface area contributed by atoms with Crippen LogP contribution in [0.2, 0.25) is 0 Å². The molecule has 0 radical (unpaired) electrons. The Labute approximate surface area is 148 Å². The van der Waals surface area contributed by atoms with E-state index < -0.39 is 5.91 Å². The van der Waals surface area contributed by atoms with Crippen molar-refractivity contribution in [2.24, 2.45) is 0 Å². The van der Waals surface area contributed by atoms with Crippen molar-refractivity contribution in [1.29, 1.82) is 5.26 Å². The van der Waals surface area contributed by atoms with Crippen LogP contribution < -0.4 is 10.1 Å². The summed E-state index contributed by atoms with van der Waals surface area (Å²) < 4.78 is 5.12. The van der Waals surface area contributed by atoms with Gasteiger partial charge in [0.1, 0.15) is 11.6 Å². The summed E-state index contributed by atoms with van der Waals surface area (Å²) in [6.07, 6.45) is 3.05. The first-order chi connectivity index (χ1) is 11.2. The van der Waals surface area contributed by atoms with Gasteiger partial charge < -0.3 is 10.1 Å². The molecule has 0 aliphatic carbocycles. The first-order valence-corrected chi connectivity index (χ1v) is 7.12. The minimum Gasteiger partial charge on any atom is -0.481 e. The maximum Gasteiger partial charge on any atom is 0.262 e. The van der Waals surface area contributed by atoms with Gasteiger partial charge in [-0.2, -0.15) is 18.8 Å². The summed E-state index contributed by atoms with van der Waals surface area (Å²) in [5.41, 5.74) is 1.55. The molecule has 1 aromatic carbocycles. The fourth-order valence-electron chi connectivity index (χ4n) is 2.09. The van der Waals surface area contributed by atoms with Crippen LogP contribution in [0.1, 0.15) is 24.1 Å². The molecule has 1 amide bonds. The van der Waals surface area contributed by atoms with Gasteiger partial charge in [0, 0.05) is 11.8 Å². The van der Waals surface area contributed by atoms with Gasteiger partial charge >= 0.3 is 0 Å². The van der Waals surface area contributed by atoms with Crippen molar-refractivity contribution < 1.29 is 9.53 Å². The van der Waals surface area contributed by atoms with Crippen LogP contribution in [-0.4, -0.2) is 18.0 Å². The zero-order valence-corrected chi connectivity index (χ0v) is 14.5. The van der Waals surface area contributed by atoms with Crippen LogP contribution in [0.15, 0.2) is 54.2 Å². The van der Waals surface area contributed by atoms with E-state index >= 15 is 0 Å². The van der Waals surface area contributed by atoms with E-state index in [0.29, 0.717) is 11.4 Å². The predicted octanol–water partition coefficient (Wildman–Crippen LogP) is 2.99. The van der Waals surface area contributed by atoms with Gasteiger partial charge in [-0.25, -0.2) is 4.98 Å². The number of hydrogen-bond donors (Lipinski definition) is 1. The molecule has 1 heterocycles. The summed E-state index contributed by atoms with van der Waals surface area (Å²) in [6, 6.07) is 14.7. The van der Waals surface area contributed by atoms with Crippen LogP contribution >= 0.6 is 13.5 Å². The molecular weight excluding hydrogens is 322 g/mol. The summed E-state index contributed by atoms with van der Waals surface area (Å²) in [5.74, 6) is -0.0704. The average molecular weight is 341 g/mol. The molecule has 1 aromatic heterocycles. The highest BCUT2D eigenvalue weighted by Crippen LogP contribution is 2.18. The number of carbonyl (C=O) groups excluding carboxylic acids is 1. The first kappa shape index (κ1) is 19.3. The van der Waals surface area contributed by atoms with Crippen LogP contribution in [0, 0.1) is 11.3 Å². The van der Waals surface area contributed by atoms with E-state index in [0.717, 1.165) is 5.56 Å². The summed E-state index contributed by atoms with van der Waals surface area (Å²) in [6.45, 7) is 1.87. The quantitative estimate of drug-likeness (QED) is 0.670.